The average molecular weight is 524 g/mol. The molecule has 5 rings (SSSR count). The number of rotatable bonds is 8. The van der Waals surface area contributed by atoms with Gasteiger partial charge in [0.15, 0.2) is 0 Å². The second kappa shape index (κ2) is 11.5. The van der Waals surface area contributed by atoms with E-state index in [2.05, 4.69) is 15.1 Å². The van der Waals surface area contributed by atoms with E-state index >= 15 is 0 Å². The van der Waals surface area contributed by atoms with Gasteiger partial charge in [0.1, 0.15) is 12.4 Å². The highest BCUT2D eigenvalue weighted by atomic mass is 19.4. The van der Waals surface area contributed by atoms with Crippen LogP contribution in [0.1, 0.15) is 16.7 Å². The lowest BCUT2D eigenvalue weighted by atomic mass is 9.82. The molecule has 3 aromatic carbocycles. The number of alkyl halides is 3. The van der Waals surface area contributed by atoms with E-state index in [0.29, 0.717) is 44.8 Å². The highest BCUT2D eigenvalue weighted by molar-refractivity contribution is 5.82. The van der Waals surface area contributed by atoms with Crippen LogP contribution in [0.3, 0.4) is 0 Å². The summed E-state index contributed by atoms with van der Waals surface area (Å²) in [7, 11) is 0. The number of piperazine rings is 1. The Bertz CT molecular complexity index is 1220. The number of ether oxygens (including phenoxy) is 1. The van der Waals surface area contributed by atoms with E-state index in [1.807, 2.05) is 60.7 Å². The predicted octanol–water partition coefficient (Wildman–Crippen LogP) is 4.81. The number of benzene rings is 3. The second-order valence-electron chi connectivity index (χ2n) is 9.90. The molecule has 0 radical (unpaired) electrons. The summed E-state index contributed by atoms with van der Waals surface area (Å²) in [6.07, 6.45) is -3.44. The van der Waals surface area contributed by atoms with E-state index < -0.39 is 17.7 Å². The minimum absolute atomic E-state index is 0.110. The van der Waals surface area contributed by atoms with Gasteiger partial charge in [0.05, 0.1) is 17.5 Å². The Morgan fingerprint density at radius 1 is 0.974 bits per heavy atom. The Morgan fingerprint density at radius 3 is 2.45 bits per heavy atom. The Morgan fingerprint density at radius 2 is 1.71 bits per heavy atom. The maximum Gasteiger partial charge on any atom is 0.416 e. The first-order valence-electron chi connectivity index (χ1n) is 13.1. The van der Waals surface area contributed by atoms with Crippen LogP contribution < -0.4 is 15.0 Å². The lowest BCUT2D eigenvalue weighted by Crippen LogP contribution is -2.61. The Hall–Kier alpha value is -3.52. The summed E-state index contributed by atoms with van der Waals surface area (Å²) < 4.78 is 46.2. The molecule has 2 aliphatic rings. The third kappa shape index (κ3) is 6.13. The number of amides is 1. The largest absolute Gasteiger partial charge is 0.492 e. The van der Waals surface area contributed by atoms with Gasteiger partial charge in [-0.05, 0) is 54.3 Å². The molecule has 0 aromatic heterocycles. The zero-order valence-corrected chi connectivity index (χ0v) is 21.2. The van der Waals surface area contributed by atoms with Gasteiger partial charge in [-0.1, -0.05) is 48.5 Å². The van der Waals surface area contributed by atoms with Crippen LogP contribution in [-0.2, 0) is 23.8 Å². The Balaban J connectivity index is 1.30. The summed E-state index contributed by atoms with van der Waals surface area (Å²) >= 11 is 0. The molecule has 1 amide bonds. The normalized spacial score (nSPS) is 19.4. The van der Waals surface area contributed by atoms with Crippen molar-refractivity contribution in [2.75, 3.05) is 44.2 Å². The number of nitrogens with one attached hydrogen (secondary N) is 1. The number of para-hydroxylation sites is 1. The fourth-order valence-electron chi connectivity index (χ4n) is 5.48. The highest BCUT2D eigenvalue weighted by Crippen LogP contribution is 2.39. The van der Waals surface area contributed by atoms with Crippen LogP contribution in [0.15, 0.2) is 78.9 Å². The van der Waals surface area contributed by atoms with E-state index in [4.69, 9.17) is 4.74 Å². The van der Waals surface area contributed by atoms with E-state index in [1.54, 1.807) is 6.07 Å². The van der Waals surface area contributed by atoms with Crippen molar-refractivity contribution >= 4 is 11.6 Å². The van der Waals surface area contributed by atoms with Crippen molar-refractivity contribution < 1.29 is 22.7 Å². The molecule has 2 atom stereocenters. The number of anilines is 1. The number of halogens is 3. The topological polar surface area (TPSA) is 44.8 Å². The highest BCUT2D eigenvalue weighted by Gasteiger charge is 2.42. The number of hydrogen-bond donors (Lipinski definition) is 1. The van der Waals surface area contributed by atoms with Crippen LogP contribution in [0.25, 0.3) is 0 Å². The van der Waals surface area contributed by atoms with Crippen molar-refractivity contribution in [3.05, 3.63) is 95.6 Å². The quantitative estimate of drug-likeness (QED) is 0.461. The van der Waals surface area contributed by atoms with Gasteiger partial charge >= 0.3 is 6.18 Å². The SMILES string of the molecule is O=C(NCCc1ccccc1)[C@H]1Cc2cc(C(F)(F)F)ccc2N2CCN(CCOc3ccccc3)C[C@H]12. The van der Waals surface area contributed by atoms with Crippen LogP contribution in [0.4, 0.5) is 18.9 Å². The van der Waals surface area contributed by atoms with Gasteiger partial charge in [0.2, 0.25) is 5.91 Å². The summed E-state index contributed by atoms with van der Waals surface area (Å²) in [5.41, 5.74) is 1.84. The lowest BCUT2D eigenvalue weighted by molar-refractivity contribution is -0.137. The molecule has 3 aromatic rings. The zero-order chi connectivity index (χ0) is 26.5. The van der Waals surface area contributed by atoms with Gasteiger partial charge in [0, 0.05) is 38.4 Å². The Labute approximate surface area is 221 Å². The smallest absolute Gasteiger partial charge is 0.416 e. The molecule has 0 bridgehead atoms. The van der Waals surface area contributed by atoms with E-state index in [1.165, 1.54) is 6.07 Å². The summed E-state index contributed by atoms with van der Waals surface area (Å²) in [4.78, 5) is 17.9. The van der Waals surface area contributed by atoms with Crippen molar-refractivity contribution in [1.82, 2.24) is 10.2 Å². The standard InChI is InChI=1S/C30H32F3N3O2/c31-30(32,33)24-11-12-27-23(19-24)20-26(29(37)34-14-13-22-7-3-1-4-8-22)28-21-35(15-16-36(27)28)17-18-38-25-9-5-2-6-10-25/h1-12,19,26,28H,13-18,20-21H2,(H,34,37)/t26-,28+/m0/s1. The third-order valence-electron chi connectivity index (χ3n) is 7.44. The summed E-state index contributed by atoms with van der Waals surface area (Å²) in [5, 5.41) is 3.06. The molecule has 8 heteroatoms. The molecule has 1 saturated heterocycles. The van der Waals surface area contributed by atoms with Gasteiger partial charge in [-0.15, -0.1) is 0 Å². The van der Waals surface area contributed by atoms with Gasteiger partial charge in [-0.3, -0.25) is 9.69 Å². The van der Waals surface area contributed by atoms with Crippen LogP contribution in [0.5, 0.6) is 5.75 Å². The van der Waals surface area contributed by atoms with Crippen molar-refractivity contribution in [3.8, 4) is 5.75 Å². The van der Waals surface area contributed by atoms with Crippen LogP contribution in [-0.4, -0.2) is 56.2 Å². The first kappa shape index (κ1) is 26.1. The molecule has 1 fully saturated rings. The van der Waals surface area contributed by atoms with Crippen molar-refractivity contribution in [2.45, 2.75) is 25.1 Å². The monoisotopic (exact) mass is 523 g/mol. The third-order valence-corrected chi connectivity index (χ3v) is 7.44. The van der Waals surface area contributed by atoms with Crippen molar-refractivity contribution in [2.24, 2.45) is 5.92 Å². The molecule has 0 spiro atoms. The average Bonchev–Trinajstić information content (AvgIpc) is 2.93. The van der Waals surface area contributed by atoms with Crippen molar-refractivity contribution in [3.63, 3.8) is 0 Å². The first-order valence-corrected chi connectivity index (χ1v) is 13.1. The molecule has 5 nitrogen and oxygen atoms in total. The fourth-order valence-corrected chi connectivity index (χ4v) is 5.48. The summed E-state index contributed by atoms with van der Waals surface area (Å²) in [6.45, 7) is 3.75. The molecule has 0 aliphatic carbocycles. The molecule has 2 aliphatic heterocycles. The molecular formula is C30H32F3N3O2. The summed E-state index contributed by atoms with van der Waals surface area (Å²) in [6, 6.07) is 23.4. The van der Waals surface area contributed by atoms with Gasteiger partial charge < -0.3 is 15.0 Å². The lowest BCUT2D eigenvalue weighted by Gasteiger charge is -2.49. The van der Waals surface area contributed by atoms with Gasteiger partial charge in [-0.2, -0.15) is 13.2 Å². The minimum atomic E-state index is -4.42. The number of carbonyl (C=O) groups is 1. The van der Waals surface area contributed by atoms with Crippen LogP contribution in [0, 0.1) is 5.92 Å². The molecule has 1 N–H and O–H groups in total. The van der Waals surface area contributed by atoms with Crippen LogP contribution >= 0.6 is 0 Å². The zero-order valence-electron chi connectivity index (χ0n) is 21.2. The maximum atomic E-state index is 13.5. The molecule has 2 heterocycles. The summed E-state index contributed by atoms with van der Waals surface area (Å²) in [5.74, 6) is 0.259. The molecule has 200 valence electrons. The van der Waals surface area contributed by atoms with Gasteiger partial charge in [-0.25, -0.2) is 0 Å². The molecular weight excluding hydrogens is 491 g/mol. The number of hydrogen-bond acceptors (Lipinski definition) is 4. The minimum Gasteiger partial charge on any atom is -0.492 e. The number of fused-ring (bicyclic) bond motifs is 3. The van der Waals surface area contributed by atoms with E-state index in [9.17, 15) is 18.0 Å². The first-order chi connectivity index (χ1) is 18.4. The van der Waals surface area contributed by atoms with E-state index in [-0.39, 0.29) is 18.4 Å². The fraction of sp³-hybridized carbons (Fsp3) is 0.367. The molecule has 0 unspecified atom stereocenters. The molecule has 0 saturated carbocycles. The Kier molecular flexibility index (Phi) is 7.88. The predicted molar refractivity (Wildman–Crippen MR) is 141 cm³/mol. The number of nitrogens with zero attached hydrogens (tertiary/aromatic N) is 2. The van der Waals surface area contributed by atoms with Crippen molar-refractivity contribution in [1.29, 1.82) is 0 Å². The van der Waals surface area contributed by atoms with E-state index in [0.717, 1.165) is 29.6 Å². The second-order valence-corrected chi connectivity index (χ2v) is 9.90. The number of carbonyl (C=O) groups excluding carboxylic acids is 1. The molecule has 38 heavy (non-hydrogen) atoms. The van der Waals surface area contributed by atoms with Gasteiger partial charge in [0.25, 0.3) is 0 Å². The maximum absolute atomic E-state index is 13.5. The van der Waals surface area contributed by atoms with Crippen LogP contribution in [0.2, 0.25) is 0 Å².